The predicted octanol–water partition coefficient (Wildman–Crippen LogP) is 0.859. The van der Waals surface area contributed by atoms with Crippen LogP contribution in [0, 0.1) is 0 Å². The maximum Gasteiger partial charge on any atom is 0.224 e. The van der Waals surface area contributed by atoms with Crippen molar-refractivity contribution in [2.75, 3.05) is 13.1 Å². The Hall–Kier alpha value is -1.16. The summed E-state index contributed by atoms with van der Waals surface area (Å²) in [5.74, 6) is 0.138. The van der Waals surface area contributed by atoms with Gasteiger partial charge in [-0.2, -0.15) is 0 Å². The van der Waals surface area contributed by atoms with Gasteiger partial charge >= 0.3 is 0 Å². The summed E-state index contributed by atoms with van der Waals surface area (Å²) in [6, 6.07) is 0. The smallest absolute Gasteiger partial charge is 0.224 e. The number of nitrogens with zero attached hydrogens (tertiary/aromatic N) is 3. The zero-order valence-electron chi connectivity index (χ0n) is 8.27. The summed E-state index contributed by atoms with van der Waals surface area (Å²) in [5.41, 5.74) is 0.906. The highest BCUT2D eigenvalue weighted by atomic mass is 35.5. The second-order valence-corrected chi connectivity index (χ2v) is 4.21. The van der Waals surface area contributed by atoms with Crippen molar-refractivity contribution in [2.24, 2.45) is 0 Å². The van der Waals surface area contributed by atoms with Gasteiger partial charge in [0, 0.05) is 44.5 Å². The molecule has 0 saturated carbocycles. The number of hydrogen-bond donors (Lipinski definition) is 0. The minimum Gasteiger partial charge on any atom is -0.341 e. The molecule has 1 atom stereocenters. The Morgan fingerprint density at radius 2 is 2.40 bits per heavy atom. The largest absolute Gasteiger partial charge is 0.341 e. The second-order valence-electron chi connectivity index (χ2n) is 3.59. The van der Waals surface area contributed by atoms with Crippen LogP contribution in [-0.2, 0) is 11.2 Å². The maximum atomic E-state index is 11.4. The monoisotopic (exact) mass is 225 g/mol. The molecule has 4 nitrogen and oxygen atoms in total. The maximum absolute atomic E-state index is 11.4. The van der Waals surface area contributed by atoms with Crippen molar-refractivity contribution in [3.8, 4) is 0 Å². The number of hydrogen-bond acceptors (Lipinski definition) is 3. The van der Waals surface area contributed by atoms with Gasteiger partial charge in [-0.3, -0.25) is 14.8 Å². The fraction of sp³-hybridized carbons (Fsp3) is 0.500. The third-order valence-electron chi connectivity index (χ3n) is 2.42. The Labute approximate surface area is 93.3 Å². The lowest BCUT2D eigenvalue weighted by molar-refractivity contribution is -0.127. The van der Waals surface area contributed by atoms with Crippen LogP contribution in [0.2, 0.25) is 0 Å². The van der Waals surface area contributed by atoms with E-state index in [2.05, 4.69) is 9.97 Å². The van der Waals surface area contributed by atoms with Crippen LogP contribution < -0.4 is 0 Å². The van der Waals surface area contributed by atoms with Gasteiger partial charge in [-0.25, -0.2) is 0 Å². The number of amides is 1. The molecule has 0 spiro atoms. The van der Waals surface area contributed by atoms with Crippen LogP contribution in [0.4, 0.5) is 0 Å². The molecule has 1 fully saturated rings. The van der Waals surface area contributed by atoms with Gasteiger partial charge in [0.2, 0.25) is 5.91 Å². The molecule has 0 aliphatic carbocycles. The predicted molar refractivity (Wildman–Crippen MR) is 56.6 cm³/mol. The molecule has 80 valence electrons. The van der Waals surface area contributed by atoms with Gasteiger partial charge in [0.15, 0.2) is 0 Å². The molecule has 0 N–H and O–H groups in total. The summed E-state index contributed by atoms with van der Waals surface area (Å²) in [6.45, 7) is 1.33. The quantitative estimate of drug-likeness (QED) is 0.717. The summed E-state index contributed by atoms with van der Waals surface area (Å²) in [7, 11) is 0. The first-order valence-electron chi connectivity index (χ1n) is 4.92. The number of rotatable bonds is 3. The van der Waals surface area contributed by atoms with E-state index in [1.165, 1.54) is 0 Å². The van der Waals surface area contributed by atoms with Crippen molar-refractivity contribution in [2.45, 2.75) is 18.2 Å². The SMILES string of the molecule is O=C1CC(Cl)CN1CCc1cnccn1. The van der Waals surface area contributed by atoms with E-state index in [9.17, 15) is 4.79 Å². The van der Waals surface area contributed by atoms with E-state index >= 15 is 0 Å². The molecule has 1 aliphatic heterocycles. The lowest BCUT2D eigenvalue weighted by atomic mass is 10.3. The molecule has 1 saturated heterocycles. The van der Waals surface area contributed by atoms with Crippen LogP contribution in [0.3, 0.4) is 0 Å². The Morgan fingerprint density at radius 3 is 3.00 bits per heavy atom. The Morgan fingerprint density at radius 1 is 1.53 bits per heavy atom. The molecular weight excluding hydrogens is 214 g/mol. The van der Waals surface area contributed by atoms with Gasteiger partial charge in [-0.15, -0.1) is 11.6 Å². The van der Waals surface area contributed by atoms with Crippen LogP contribution in [-0.4, -0.2) is 39.2 Å². The number of aromatic nitrogens is 2. The molecule has 1 unspecified atom stereocenters. The minimum atomic E-state index is -0.0284. The number of alkyl halides is 1. The number of carbonyl (C=O) groups excluding carboxylic acids is 1. The fourth-order valence-electron chi connectivity index (χ4n) is 1.65. The highest BCUT2D eigenvalue weighted by Crippen LogP contribution is 2.16. The Balaban J connectivity index is 1.86. The van der Waals surface area contributed by atoms with Crippen molar-refractivity contribution in [1.82, 2.24) is 14.9 Å². The number of likely N-dealkylation sites (tertiary alicyclic amines) is 1. The van der Waals surface area contributed by atoms with E-state index in [0.717, 1.165) is 12.1 Å². The lowest BCUT2D eigenvalue weighted by Crippen LogP contribution is -2.27. The lowest BCUT2D eigenvalue weighted by Gasteiger charge is -2.14. The van der Waals surface area contributed by atoms with Crippen LogP contribution in [0.5, 0.6) is 0 Å². The molecule has 2 heterocycles. The first-order valence-corrected chi connectivity index (χ1v) is 5.36. The standard InChI is InChI=1S/C10H12ClN3O/c11-8-5-10(15)14(7-8)4-1-9-6-12-2-3-13-9/h2-3,6,8H,1,4-5,7H2. The van der Waals surface area contributed by atoms with Crippen molar-refractivity contribution >= 4 is 17.5 Å². The van der Waals surface area contributed by atoms with Gasteiger partial charge in [0.25, 0.3) is 0 Å². The molecule has 0 aromatic carbocycles. The van der Waals surface area contributed by atoms with E-state index in [-0.39, 0.29) is 11.3 Å². The summed E-state index contributed by atoms with van der Waals surface area (Å²) in [6.07, 6.45) is 6.22. The summed E-state index contributed by atoms with van der Waals surface area (Å²) < 4.78 is 0. The van der Waals surface area contributed by atoms with E-state index in [1.807, 2.05) is 0 Å². The second kappa shape index (κ2) is 4.57. The molecule has 5 heteroatoms. The average molecular weight is 226 g/mol. The van der Waals surface area contributed by atoms with Crippen LogP contribution in [0.25, 0.3) is 0 Å². The van der Waals surface area contributed by atoms with Crippen molar-refractivity contribution in [1.29, 1.82) is 0 Å². The first kappa shape index (κ1) is 10.4. The van der Waals surface area contributed by atoms with Gasteiger partial charge in [-0.05, 0) is 0 Å². The van der Waals surface area contributed by atoms with E-state index in [0.29, 0.717) is 19.5 Å². The molecule has 1 amide bonds. The van der Waals surface area contributed by atoms with E-state index in [4.69, 9.17) is 11.6 Å². The zero-order valence-corrected chi connectivity index (χ0v) is 9.02. The summed E-state index contributed by atoms with van der Waals surface area (Å²) in [4.78, 5) is 21.3. The zero-order chi connectivity index (χ0) is 10.7. The molecule has 15 heavy (non-hydrogen) atoms. The number of carbonyl (C=O) groups is 1. The topological polar surface area (TPSA) is 46.1 Å². The van der Waals surface area contributed by atoms with Gasteiger partial charge in [0.1, 0.15) is 0 Å². The molecule has 1 aliphatic rings. The van der Waals surface area contributed by atoms with Crippen LogP contribution in [0.1, 0.15) is 12.1 Å². The highest BCUT2D eigenvalue weighted by molar-refractivity contribution is 6.22. The molecule has 0 radical (unpaired) electrons. The van der Waals surface area contributed by atoms with Gasteiger partial charge in [-0.1, -0.05) is 0 Å². The first-order chi connectivity index (χ1) is 7.25. The van der Waals surface area contributed by atoms with E-state index < -0.39 is 0 Å². The molecule has 2 rings (SSSR count). The van der Waals surface area contributed by atoms with E-state index in [1.54, 1.807) is 23.5 Å². The van der Waals surface area contributed by atoms with Crippen LogP contribution >= 0.6 is 11.6 Å². The third kappa shape index (κ3) is 2.65. The molecule has 1 aromatic rings. The van der Waals surface area contributed by atoms with Crippen molar-refractivity contribution in [3.63, 3.8) is 0 Å². The Kier molecular flexibility index (Phi) is 3.16. The minimum absolute atomic E-state index is 0.0284. The summed E-state index contributed by atoms with van der Waals surface area (Å²) in [5, 5.41) is -0.0284. The fourth-order valence-corrected chi connectivity index (χ4v) is 1.95. The molecule has 1 aromatic heterocycles. The van der Waals surface area contributed by atoms with Gasteiger partial charge < -0.3 is 4.90 Å². The number of halogens is 1. The normalized spacial score (nSPS) is 21.0. The van der Waals surface area contributed by atoms with Crippen LogP contribution in [0.15, 0.2) is 18.6 Å². The Bertz CT molecular complexity index is 344. The highest BCUT2D eigenvalue weighted by Gasteiger charge is 2.27. The third-order valence-corrected chi connectivity index (χ3v) is 2.71. The van der Waals surface area contributed by atoms with Gasteiger partial charge in [0.05, 0.1) is 11.1 Å². The molecular formula is C10H12ClN3O. The molecule has 0 bridgehead atoms. The van der Waals surface area contributed by atoms with Crippen molar-refractivity contribution < 1.29 is 4.79 Å². The van der Waals surface area contributed by atoms with Crippen molar-refractivity contribution in [3.05, 3.63) is 24.3 Å². The summed E-state index contributed by atoms with van der Waals surface area (Å²) >= 11 is 5.89. The average Bonchev–Trinajstić information content (AvgIpc) is 2.56.